The molecule has 0 N–H and O–H groups in total. The molecule has 242 valence electrons. The third-order valence-corrected chi connectivity index (χ3v) is 10.1. The molecule has 0 atom stereocenters. The van der Waals surface area contributed by atoms with Crippen LogP contribution in [0.4, 0.5) is 0 Å². The summed E-state index contributed by atoms with van der Waals surface area (Å²) in [5, 5.41) is 0. The normalized spacial score (nSPS) is 12.7. The van der Waals surface area contributed by atoms with Crippen LogP contribution < -0.4 is 0 Å². The zero-order valence-corrected chi connectivity index (χ0v) is 28.6. The van der Waals surface area contributed by atoms with Crippen LogP contribution >= 0.6 is 0 Å². The molecule has 3 heteroatoms. The molecular weight excluding hydrogens is 619 g/mol. The van der Waals surface area contributed by atoms with E-state index in [4.69, 9.17) is 15.0 Å². The predicted octanol–water partition coefficient (Wildman–Crippen LogP) is 12.2. The van der Waals surface area contributed by atoms with E-state index < -0.39 is 0 Å². The molecule has 7 aromatic carbocycles. The highest BCUT2D eigenvalue weighted by Gasteiger charge is 2.35. The van der Waals surface area contributed by atoms with Gasteiger partial charge in [0.25, 0.3) is 0 Å². The molecule has 3 nitrogen and oxygen atoms in total. The summed E-state index contributed by atoms with van der Waals surface area (Å²) < 4.78 is 0. The minimum absolute atomic E-state index is 0.117. The summed E-state index contributed by atoms with van der Waals surface area (Å²) in [7, 11) is 0. The van der Waals surface area contributed by atoms with Gasteiger partial charge in [0.05, 0.1) is 0 Å². The lowest BCUT2D eigenvalue weighted by atomic mass is 9.82. The lowest BCUT2D eigenvalue weighted by Crippen LogP contribution is -2.15. The van der Waals surface area contributed by atoms with Crippen LogP contribution in [-0.2, 0) is 5.41 Å². The van der Waals surface area contributed by atoms with E-state index in [0.717, 1.165) is 27.8 Å². The van der Waals surface area contributed by atoms with Crippen molar-refractivity contribution in [2.45, 2.75) is 19.3 Å². The maximum atomic E-state index is 5.11. The standard InChI is InChI=1S/C48H35N3/c1-48(2)43-21-13-12-20-41(43)42-27-26-37(31-44(42)48)47-50-45(35-18-10-5-11-19-35)49-46(51-47)36-24-22-34(23-25-36)40-29-38(32-14-6-3-7-15-32)28-39(30-40)33-16-8-4-9-17-33/h3-31H,1-2H3. The third kappa shape index (κ3) is 5.63. The number of hydrogen-bond acceptors (Lipinski definition) is 3. The monoisotopic (exact) mass is 653 g/mol. The molecule has 0 aliphatic heterocycles. The number of benzene rings is 7. The minimum Gasteiger partial charge on any atom is -0.208 e. The van der Waals surface area contributed by atoms with Crippen molar-refractivity contribution in [3.8, 4) is 78.7 Å². The Labute approximate surface area is 299 Å². The van der Waals surface area contributed by atoms with Gasteiger partial charge in [-0.2, -0.15) is 0 Å². The fraction of sp³-hybridized carbons (Fsp3) is 0.0625. The van der Waals surface area contributed by atoms with E-state index in [0.29, 0.717) is 17.5 Å². The highest BCUT2D eigenvalue weighted by molar-refractivity contribution is 5.84. The average Bonchev–Trinajstić information content (AvgIpc) is 3.44. The summed E-state index contributed by atoms with van der Waals surface area (Å²) in [6.07, 6.45) is 0. The highest BCUT2D eigenvalue weighted by Crippen LogP contribution is 2.49. The summed E-state index contributed by atoms with van der Waals surface area (Å²) in [5.74, 6) is 1.97. The molecule has 0 saturated carbocycles. The predicted molar refractivity (Wildman–Crippen MR) is 210 cm³/mol. The molecule has 0 saturated heterocycles. The topological polar surface area (TPSA) is 38.7 Å². The lowest BCUT2D eigenvalue weighted by molar-refractivity contribution is 0.660. The summed E-state index contributed by atoms with van der Waals surface area (Å²) >= 11 is 0. The Kier molecular flexibility index (Phi) is 7.48. The van der Waals surface area contributed by atoms with Crippen LogP contribution in [0.1, 0.15) is 25.0 Å². The van der Waals surface area contributed by atoms with Crippen LogP contribution in [0.5, 0.6) is 0 Å². The Morgan fingerprint density at radius 2 is 0.667 bits per heavy atom. The maximum Gasteiger partial charge on any atom is 0.164 e. The van der Waals surface area contributed by atoms with E-state index in [1.54, 1.807) is 0 Å². The van der Waals surface area contributed by atoms with Gasteiger partial charge in [-0.3, -0.25) is 0 Å². The molecule has 8 aromatic rings. The molecule has 1 heterocycles. The van der Waals surface area contributed by atoms with Gasteiger partial charge in [0, 0.05) is 22.1 Å². The molecule has 0 spiro atoms. The van der Waals surface area contributed by atoms with Crippen LogP contribution in [0.2, 0.25) is 0 Å². The molecule has 51 heavy (non-hydrogen) atoms. The van der Waals surface area contributed by atoms with Crippen molar-refractivity contribution in [2.24, 2.45) is 0 Å². The van der Waals surface area contributed by atoms with Crippen LogP contribution in [0.25, 0.3) is 78.7 Å². The third-order valence-electron chi connectivity index (χ3n) is 10.1. The van der Waals surface area contributed by atoms with Gasteiger partial charge in [-0.1, -0.05) is 166 Å². The van der Waals surface area contributed by atoms with Gasteiger partial charge >= 0.3 is 0 Å². The zero-order valence-electron chi connectivity index (χ0n) is 28.6. The van der Waals surface area contributed by atoms with E-state index in [1.165, 1.54) is 44.5 Å². The van der Waals surface area contributed by atoms with Gasteiger partial charge in [-0.15, -0.1) is 0 Å². The van der Waals surface area contributed by atoms with E-state index in [9.17, 15) is 0 Å². The first-order chi connectivity index (χ1) is 25.0. The first-order valence-corrected chi connectivity index (χ1v) is 17.4. The van der Waals surface area contributed by atoms with Crippen molar-refractivity contribution < 1.29 is 0 Å². The Morgan fingerprint density at radius 3 is 1.22 bits per heavy atom. The maximum absolute atomic E-state index is 5.11. The van der Waals surface area contributed by atoms with E-state index in [2.05, 4.69) is 172 Å². The molecule has 0 radical (unpaired) electrons. The van der Waals surface area contributed by atoms with Crippen LogP contribution in [0, 0.1) is 0 Å². The Morgan fingerprint density at radius 1 is 0.294 bits per heavy atom. The summed E-state index contributed by atoms with van der Waals surface area (Å²) in [6.45, 7) is 4.60. The molecule has 0 bridgehead atoms. The molecule has 1 aliphatic carbocycles. The Hall–Kier alpha value is -6.45. The van der Waals surface area contributed by atoms with Crippen molar-refractivity contribution in [1.82, 2.24) is 15.0 Å². The van der Waals surface area contributed by atoms with E-state index in [1.807, 2.05) is 18.2 Å². The SMILES string of the molecule is CC1(C)c2ccccc2-c2ccc(-c3nc(-c4ccccc4)nc(-c4ccc(-c5cc(-c6ccccc6)cc(-c6ccccc6)c5)cc4)n3)cc21. The molecule has 0 amide bonds. The number of fused-ring (bicyclic) bond motifs is 3. The molecule has 1 aliphatic rings. The molecule has 1 aromatic heterocycles. The quantitative estimate of drug-likeness (QED) is 0.179. The van der Waals surface area contributed by atoms with E-state index in [-0.39, 0.29) is 5.41 Å². The van der Waals surface area contributed by atoms with Gasteiger partial charge in [0.2, 0.25) is 0 Å². The smallest absolute Gasteiger partial charge is 0.164 e. The van der Waals surface area contributed by atoms with Crippen molar-refractivity contribution in [1.29, 1.82) is 0 Å². The van der Waals surface area contributed by atoms with E-state index >= 15 is 0 Å². The second kappa shape index (κ2) is 12.5. The molecule has 0 fully saturated rings. The number of nitrogens with zero attached hydrogens (tertiary/aromatic N) is 3. The first-order valence-electron chi connectivity index (χ1n) is 17.4. The number of aromatic nitrogens is 3. The minimum atomic E-state index is -0.117. The Bertz CT molecular complexity index is 2460. The van der Waals surface area contributed by atoms with Gasteiger partial charge in [-0.25, -0.2) is 15.0 Å². The van der Waals surface area contributed by atoms with Crippen molar-refractivity contribution in [3.05, 3.63) is 187 Å². The molecule has 0 unspecified atom stereocenters. The lowest BCUT2D eigenvalue weighted by Gasteiger charge is -2.21. The molecular formula is C48H35N3. The van der Waals surface area contributed by atoms with Crippen LogP contribution in [0.3, 0.4) is 0 Å². The molecule has 9 rings (SSSR count). The number of hydrogen-bond donors (Lipinski definition) is 0. The second-order valence-corrected chi connectivity index (χ2v) is 13.7. The second-order valence-electron chi connectivity index (χ2n) is 13.7. The van der Waals surface area contributed by atoms with Crippen molar-refractivity contribution in [2.75, 3.05) is 0 Å². The highest BCUT2D eigenvalue weighted by atomic mass is 15.0. The summed E-state index contributed by atoms with van der Waals surface area (Å²) in [5.41, 5.74) is 15.0. The van der Waals surface area contributed by atoms with Crippen LogP contribution in [-0.4, -0.2) is 15.0 Å². The van der Waals surface area contributed by atoms with Gasteiger partial charge < -0.3 is 0 Å². The van der Waals surface area contributed by atoms with Gasteiger partial charge in [0.15, 0.2) is 17.5 Å². The van der Waals surface area contributed by atoms with Crippen molar-refractivity contribution in [3.63, 3.8) is 0 Å². The fourth-order valence-electron chi connectivity index (χ4n) is 7.39. The fourth-order valence-corrected chi connectivity index (χ4v) is 7.39. The zero-order chi connectivity index (χ0) is 34.4. The number of rotatable bonds is 6. The van der Waals surface area contributed by atoms with Gasteiger partial charge in [-0.05, 0) is 79.9 Å². The van der Waals surface area contributed by atoms with Crippen molar-refractivity contribution >= 4 is 0 Å². The largest absolute Gasteiger partial charge is 0.208 e. The van der Waals surface area contributed by atoms with Gasteiger partial charge in [0.1, 0.15) is 0 Å². The van der Waals surface area contributed by atoms with Crippen LogP contribution in [0.15, 0.2) is 176 Å². The summed E-state index contributed by atoms with van der Waals surface area (Å²) in [6, 6.07) is 62.1. The first kappa shape index (κ1) is 30.6. The Balaban J connectivity index is 1.13. The summed E-state index contributed by atoms with van der Waals surface area (Å²) in [4.78, 5) is 15.2. The average molecular weight is 654 g/mol.